The lowest BCUT2D eigenvalue weighted by Gasteiger charge is -2.11. The molecule has 3 aromatic heterocycles. The molecule has 158 valence electrons. The molecule has 0 unspecified atom stereocenters. The van der Waals surface area contributed by atoms with Crippen molar-refractivity contribution in [3.05, 3.63) is 80.5 Å². The number of carbonyl (C=O) groups is 2. The molecule has 7 nitrogen and oxygen atoms in total. The van der Waals surface area contributed by atoms with Crippen LogP contribution in [0.5, 0.6) is 5.75 Å². The van der Waals surface area contributed by atoms with Gasteiger partial charge in [0.05, 0.1) is 24.7 Å². The minimum atomic E-state index is -1.13. The van der Waals surface area contributed by atoms with E-state index in [9.17, 15) is 14.7 Å². The largest absolute Gasteiger partial charge is 0.494 e. The molecule has 2 N–H and O–H groups in total. The summed E-state index contributed by atoms with van der Waals surface area (Å²) < 4.78 is 7.67. The standard InChI is InChI=1S/C22H18ClN3O4S/c1-12-18(26-8-4-3-5-17(26)20(12)30-2)19(27)13-6-7-16(15(9-13)21(28)29)24-10-14-11-25-22(23)31-14/h3-9,11,24H,10H2,1-2H3,(H,28,29). The first kappa shape index (κ1) is 20.9. The van der Waals surface area contributed by atoms with E-state index in [2.05, 4.69) is 10.3 Å². The number of carbonyl (C=O) groups excluding carboxylic acids is 1. The predicted molar refractivity (Wildman–Crippen MR) is 120 cm³/mol. The number of anilines is 1. The number of hydrogen-bond donors (Lipinski definition) is 2. The number of nitrogens with one attached hydrogen (secondary N) is 1. The van der Waals surface area contributed by atoms with Crippen LogP contribution in [-0.4, -0.2) is 33.4 Å². The summed E-state index contributed by atoms with van der Waals surface area (Å²) in [5.41, 5.74) is 2.59. The fourth-order valence-corrected chi connectivity index (χ4v) is 4.46. The molecule has 0 bridgehead atoms. The van der Waals surface area contributed by atoms with Crippen LogP contribution in [0.2, 0.25) is 4.47 Å². The van der Waals surface area contributed by atoms with Crippen LogP contribution in [0.25, 0.3) is 5.52 Å². The molecular weight excluding hydrogens is 438 g/mol. The highest BCUT2D eigenvalue weighted by molar-refractivity contribution is 7.15. The van der Waals surface area contributed by atoms with Crippen molar-refractivity contribution in [3.63, 3.8) is 0 Å². The fraction of sp³-hybridized carbons (Fsp3) is 0.136. The van der Waals surface area contributed by atoms with E-state index < -0.39 is 5.97 Å². The molecule has 0 atom stereocenters. The molecular formula is C22H18ClN3O4S. The SMILES string of the molecule is COc1c(C)c(C(=O)c2ccc(NCc3cnc(Cl)s3)c(C(=O)O)c2)n2ccccc12. The summed E-state index contributed by atoms with van der Waals surface area (Å²) in [5.74, 6) is -0.803. The average molecular weight is 456 g/mol. The summed E-state index contributed by atoms with van der Waals surface area (Å²) in [5, 5.41) is 12.8. The van der Waals surface area contributed by atoms with Crippen LogP contribution >= 0.6 is 22.9 Å². The van der Waals surface area contributed by atoms with E-state index in [0.29, 0.717) is 33.7 Å². The topological polar surface area (TPSA) is 92.9 Å². The van der Waals surface area contributed by atoms with Crippen LogP contribution in [0.1, 0.15) is 36.9 Å². The van der Waals surface area contributed by atoms with E-state index in [4.69, 9.17) is 16.3 Å². The molecule has 0 spiro atoms. The maximum absolute atomic E-state index is 13.4. The number of ether oxygens (including phenoxy) is 1. The summed E-state index contributed by atoms with van der Waals surface area (Å²) in [6.45, 7) is 2.19. The second-order valence-electron chi connectivity index (χ2n) is 6.79. The van der Waals surface area contributed by atoms with Gasteiger partial charge in [-0.3, -0.25) is 4.79 Å². The Bertz CT molecular complexity index is 1310. The molecule has 4 aromatic rings. The molecule has 0 saturated heterocycles. The number of nitrogens with zero attached hydrogens (tertiary/aromatic N) is 2. The highest BCUT2D eigenvalue weighted by Gasteiger charge is 2.23. The summed E-state index contributed by atoms with van der Waals surface area (Å²) in [7, 11) is 1.56. The monoisotopic (exact) mass is 455 g/mol. The van der Waals surface area contributed by atoms with Gasteiger partial charge in [0.1, 0.15) is 11.4 Å². The van der Waals surface area contributed by atoms with Crippen LogP contribution in [0.4, 0.5) is 5.69 Å². The van der Waals surface area contributed by atoms with Crippen LogP contribution in [0.3, 0.4) is 0 Å². The molecule has 0 aliphatic rings. The molecule has 31 heavy (non-hydrogen) atoms. The number of carboxylic acid groups (broad SMARTS) is 1. The van der Waals surface area contributed by atoms with Crippen LogP contribution in [-0.2, 0) is 6.54 Å². The molecule has 0 fully saturated rings. The molecule has 9 heteroatoms. The Kier molecular flexibility index (Phi) is 5.67. The third-order valence-electron chi connectivity index (χ3n) is 4.94. The highest BCUT2D eigenvalue weighted by Crippen LogP contribution is 2.32. The maximum Gasteiger partial charge on any atom is 0.337 e. The number of fused-ring (bicyclic) bond motifs is 1. The van der Waals surface area contributed by atoms with Crippen LogP contribution in [0.15, 0.2) is 48.8 Å². The first-order chi connectivity index (χ1) is 14.9. The van der Waals surface area contributed by atoms with Gasteiger partial charge in [-0.25, -0.2) is 9.78 Å². The Balaban J connectivity index is 1.71. The number of pyridine rings is 1. The second-order valence-corrected chi connectivity index (χ2v) is 8.49. The van der Waals surface area contributed by atoms with Crippen LogP contribution in [0, 0.1) is 6.92 Å². The van der Waals surface area contributed by atoms with Crippen molar-refractivity contribution < 1.29 is 19.4 Å². The number of rotatable bonds is 7. The lowest BCUT2D eigenvalue weighted by molar-refractivity contribution is 0.0698. The fourth-order valence-electron chi connectivity index (χ4n) is 3.54. The van der Waals surface area contributed by atoms with Crippen molar-refractivity contribution in [2.75, 3.05) is 12.4 Å². The highest BCUT2D eigenvalue weighted by atomic mass is 35.5. The molecule has 0 aliphatic heterocycles. The Morgan fingerprint density at radius 1 is 1.29 bits per heavy atom. The second kappa shape index (κ2) is 8.41. The Labute approximate surface area is 186 Å². The Hall–Kier alpha value is -3.36. The number of methoxy groups -OCH3 is 1. The van der Waals surface area contributed by atoms with Gasteiger partial charge in [-0.1, -0.05) is 17.7 Å². The van der Waals surface area contributed by atoms with Crippen molar-refractivity contribution in [3.8, 4) is 5.75 Å². The van der Waals surface area contributed by atoms with E-state index >= 15 is 0 Å². The number of aromatic nitrogens is 2. The van der Waals surface area contributed by atoms with E-state index in [1.54, 1.807) is 36.0 Å². The third kappa shape index (κ3) is 3.87. The van der Waals surface area contributed by atoms with Crippen LogP contribution < -0.4 is 10.1 Å². The molecule has 3 heterocycles. The van der Waals surface area contributed by atoms with Crippen molar-refractivity contribution in [1.82, 2.24) is 9.38 Å². The smallest absolute Gasteiger partial charge is 0.337 e. The van der Waals surface area contributed by atoms with Gasteiger partial charge in [-0.15, -0.1) is 11.3 Å². The first-order valence-corrected chi connectivity index (χ1v) is 10.5. The number of aromatic carboxylic acids is 1. The van der Waals surface area contributed by atoms with Crippen molar-refractivity contribution in [2.45, 2.75) is 13.5 Å². The Morgan fingerprint density at radius 3 is 2.77 bits per heavy atom. The zero-order chi connectivity index (χ0) is 22.1. The zero-order valence-electron chi connectivity index (χ0n) is 16.7. The molecule has 0 aliphatic carbocycles. The van der Waals surface area contributed by atoms with Gasteiger partial charge in [-0.05, 0) is 37.3 Å². The van der Waals surface area contributed by atoms with Gasteiger partial charge in [-0.2, -0.15) is 0 Å². The van der Waals surface area contributed by atoms with Crippen molar-refractivity contribution >= 4 is 45.9 Å². The van der Waals surface area contributed by atoms with E-state index in [1.807, 2.05) is 25.1 Å². The normalized spacial score (nSPS) is 10.9. The average Bonchev–Trinajstić information content (AvgIpc) is 3.31. The lowest BCUT2D eigenvalue weighted by Crippen LogP contribution is -2.11. The summed E-state index contributed by atoms with van der Waals surface area (Å²) in [6.07, 6.45) is 3.42. The van der Waals surface area contributed by atoms with Gasteiger partial charge in [0.15, 0.2) is 4.47 Å². The summed E-state index contributed by atoms with van der Waals surface area (Å²) >= 11 is 7.15. The number of ketones is 1. The van der Waals surface area contributed by atoms with Gasteiger partial charge < -0.3 is 19.6 Å². The molecule has 0 saturated carbocycles. The maximum atomic E-state index is 13.4. The summed E-state index contributed by atoms with van der Waals surface area (Å²) in [4.78, 5) is 30.1. The Morgan fingerprint density at radius 2 is 2.10 bits per heavy atom. The van der Waals surface area contributed by atoms with E-state index in [1.165, 1.54) is 17.4 Å². The summed E-state index contributed by atoms with van der Waals surface area (Å²) in [6, 6.07) is 10.2. The molecule has 4 rings (SSSR count). The van der Waals surface area contributed by atoms with Gasteiger partial charge in [0, 0.05) is 34.1 Å². The quantitative estimate of drug-likeness (QED) is 0.385. The number of carboxylic acids is 1. The number of halogens is 1. The minimum Gasteiger partial charge on any atom is -0.494 e. The van der Waals surface area contributed by atoms with E-state index in [-0.39, 0.29) is 16.9 Å². The zero-order valence-corrected chi connectivity index (χ0v) is 18.3. The van der Waals surface area contributed by atoms with Crippen molar-refractivity contribution in [2.24, 2.45) is 0 Å². The number of thiazole rings is 1. The van der Waals surface area contributed by atoms with Crippen molar-refractivity contribution in [1.29, 1.82) is 0 Å². The third-order valence-corrected chi connectivity index (χ3v) is 6.05. The predicted octanol–water partition coefficient (Wildman–Crippen LogP) is 4.91. The number of benzene rings is 1. The first-order valence-electron chi connectivity index (χ1n) is 9.30. The molecule has 0 radical (unpaired) electrons. The minimum absolute atomic E-state index is 0.00643. The van der Waals surface area contributed by atoms with Gasteiger partial charge in [0.2, 0.25) is 5.78 Å². The van der Waals surface area contributed by atoms with E-state index in [0.717, 1.165) is 10.4 Å². The van der Waals surface area contributed by atoms with Gasteiger partial charge in [0.25, 0.3) is 0 Å². The number of hydrogen-bond acceptors (Lipinski definition) is 6. The lowest BCUT2D eigenvalue weighted by atomic mass is 10.0. The van der Waals surface area contributed by atoms with Gasteiger partial charge >= 0.3 is 5.97 Å². The molecule has 0 amide bonds. The molecule has 1 aromatic carbocycles.